The predicted octanol–water partition coefficient (Wildman–Crippen LogP) is 3.23. The van der Waals surface area contributed by atoms with Gasteiger partial charge in [0.2, 0.25) is 0 Å². The lowest BCUT2D eigenvalue weighted by atomic mass is 10.2. The van der Waals surface area contributed by atoms with E-state index in [1.165, 1.54) is 0 Å². The van der Waals surface area contributed by atoms with Crippen LogP contribution in [0.1, 0.15) is 23.0 Å². The number of rotatable bonds is 3. The number of anilines is 1. The molecule has 2 aromatic rings. The van der Waals surface area contributed by atoms with Crippen LogP contribution in [0.25, 0.3) is 0 Å². The molecule has 94 valence electrons. The molecule has 0 atom stereocenters. The summed E-state index contributed by atoms with van der Waals surface area (Å²) in [6.45, 7) is 4.67. The fourth-order valence-corrected chi connectivity index (χ4v) is 2.19. The Morgan fingerprint density at radius 1 is 1.56 bits per heavy atom. The van der Waals surface area contributed by atoms with Crippen molar-refractivity contribution < 1.29 is 4.79 Å². The molecule has 2 aromatic heterocycles. The topological polar surface area (TPSA) is 46.9 Å². The van der Waals surface area contributed by atoms with E-state index in [0.717, 1.165) is 22.3 Å². The van der Waals surface area contributed by atoms with Gasteiger partial charge in [0.1, 0.15) is 5.69 Å². The van der Waals surface area contributed by atoms with Crippen molar-refractivity contribution in [2.75, 3.05) is 5.32 Å². The van der Waals surface area contributed by atoms with E-state index in [-0.39, 0.29) is 5.91 Å². The Kier molecular flexibility index (Phi) is 3.81. The zero-order valence-electron chi connectivity index (χ0n) is 10.3. The zero-order chi connectivity index (χ0) is 13.1. The minimum Gasteiger partial charge on any atom is -0.343 e. The third-order valence-corrected chi connectivity index (χ3v) is 3.14. The molecule has 1 N–H and O–H groups in total. The summed E-state index contributed by atoms with van der Waals surface area (Å²) >= 11 is 3.38. The molecule has 1 amide bonds. The van der Waals surface area contributed by atoms with Gasteiger partial charge in [-0.1, -0.05) is 0 Å². The number of carbonyl (C=O) groups is 1. The molecule has 0 aliphatic carbocycles. The largest absolute Gasteiger partial charge is 0.343 e. The second-order valence-corrected chi connectivity index (χ2v) is 4.89. The number of carbonyl (C=O) groups excluding carboxylic acids is 1. The second-order valence-electron chi connectivity index (χ2n) is 3.97. The summed E-state index contributed by atoms with van der Waals surface area (Å²) in [5.41, 5.74) is 2.37. The first kappa shape index (κ1) is 12.8. The minimum atomic E-state index is -0.114. The highest BCUT2D eigenvalue weighted by Crippen LogP contribution is 2.18. The molecule has 0 saturated carbocycles. The third-order valence-electron chi connectivity index (χ3n) is 2.71. The van der Waals surface area contributed by atoms with Crippen LogP contribution >= 0.6 is 15.9 Å². The Labute approximate surface area is 114 Å². The first-order valence-electron chi connectivity index (χ1n) is 5.69. The Bertz CT molecular complexity index is 577. The summed E-state index contributed by atoms with van der Waals surface area (Å²) in [6.07, 6.45) is 5.29. The Hall–Kier alpha value is -1.62. The molecule has 0 fully saturated rings. The molecule has 0 saturated heterocycles. The average molecular weight is 308 g/mol. The van der Waals surface area contributed by atoms with Crippen molar-refractivity contribution in [3.05, 3.63) is 46.5 Å². The summed E-state index contributed by atoms with van der Waals surface area (Å²) in [5, 5.41) is 2.89. The first-order valence-corrected chi connectivity index (χ1v) is 6.48. The maximum Gasteiger partial charge on any atom is 0.272 e. The highest BCUT2D eigenvalue weighted by molar-refractivity contribution is 9.10. The molecule has 0 aromatic carbocycles. The second kappa shape index (κ2) is 5.35. The van der Waals surface area contributed by atoms with E-state index in [1.807, 2.05) is 30.7 Å². The van der Waals surface area contributed by atoms with E-state index in [2.05, 4.69) is 26.2 Å². The fourth-order valence-electron chi connectivity index (χ4n) is 1.73. The lowest BCUT2D eigenvalue weighted by Gasteiger charge is -2.09. The molecule has 2 rings (SSSR count). The van der Waals surface area contributed by atoms with Gasteiger partial charge >= 0.3 is 0 Å². The van der Waals surface area contributed by atoms with Crippen molar-refractivity contribution in [3.8, 4) is 0 Å². The third kappa shape index (κ3) is 2.61. The predicted molar refractivity (Wildman–Crippen MR) is 74.7 cm³/mol. The number of nitrogens with one attached hydrogen (secondary N) is 1. The average Bonchev–Trinajstić information content (AvgIpc) is 2.73. The van der Waals surface area contributed by atoms with Crippen LogP contribution in [0.3, 0.4) is 0 Å². The summed E-state index contributed by atoms with van der Waals surface area (Å²) in [4.78, 5) is 16.2. The minimum absolute atomic E-state index is 0.114. The van der Waals surface area contributed by atoms with Crippen LogP contribution in [-0.2, 0) is 6.54 Å². The summed E-state index contributed by atoms with van der Waals surface area (Å²) in [6, 6.07) is 3.61. The van der Waals surface area contributed by atoms with Crippen LogP contribution < -0.4 is 5.32 Å². The van der Waals surface area contributed by atoms with Crippen molar-refractivity contribution in [2.45, 2.75) is 20.4 Å². The van der Waals surface area contributed by atoms with Crippen LogP contribution in [-0.4, -0.2) is 15.5 Å². The van der Waals surface area contributed by atoms with Gasteiger partial charge in [-0.15, -0.1) is 0 Å². The maximum atomic E-state index is 12.2. The summed E-state index contributed by atoms with van der Waals surface area (Å²) < 4.78 is 2.80. The SMILES string of the molecule is CCn1cc(Br)cc1C(=O)Nc1ccncc1C. The van der Waals surface area contributed by atoms with E-state index in [1.54, 1.807) is 18.5 Å². The highest BCUT2D eigenvalue weighted by Gasteiger charge is 2.13. The monoisotopic (exact) mass is 307 g/mol. The lowest BCUT2D eigenvalue weighted by Crippen LogP contribution is -2.17. The summed E-state index contributed by atoms with van der Waals surface area (Å²) in [5.74, 6) is -0.114. The molecule has 5 heteroatoms. The van der Waals surface area contributed by atoms with Gasteiger partial charge in [-0.2, -0.15) is 0 Å². The van der Waals surface area contributed by atoms with Crippen molar-refractivity contribution in [2.24, 2.45) is 0 Å². The van der Waals surface area contributed by atoms with Crippen LogP contribution in [0.4, 0.5) is 5.69 Å². The standard InChI is InChI=1S/C13H14BrN3O/c1-3-17-8-10(14)6-12(17)13(18)16-11-4-5-15-7-9(11)2/h4-8H,3H2,1-2H3,(H,15,16,18). The number of nitrogens with zero attached hydrogens (tertiary/aromatic N) is 2. The number of halogens is 1. The molecule has 0 aliphatic rings. The van der Waals surface area contributed by atoms with E-state index in [0.29, 0.717) is 5.69 Å². The van der Waals surface area contributed by atoms with Crippen molar-refractivity contribution in [3.63, 3.8) is 0 Å². The van der Waals surface area contributed by atoms with Gasteiger partial charge < -0.3 is 9.88 Å². The van der Waals surface area contributed by atoms with E-state index < -0.39 is 0 Å². The van der Waals surface area contributed by atoms with Gasteiger partial charge in [-0.3, -0.25) is 9.78 Å². The normalized spacial score (nSPS) is 10.4. The maximum absolute atomic E-state index is 12.2. The van der Waals surface area contributed by atoms with Gasteiger partial charge in [0.25, 0.3) is 5.91 Å². The molecule has 0 radical (unpaired) electrons. The lowest BCUT2D eigenvalue weighted by molar-refractivity contribution is 0.101. The molecule has 0 spiro atoms. The Morgan fingerprint density at radius 3 is 3.00 bits per heavy atom. The molecule has 0 aliphatic heterocycles. The van der Waals surface area contributed by atoms with Crippen LogP contribution in [0, 0.1) is 6.92 Å². The molecular formula is C13H14BrN3O. The zero-order valence-corrected chi connectivity index (χ0v) is 11.9. The van der Waals surface area contributed by atoms with E-state index in [4.69, 9.17) is 0 Å². The molecule has 0 bridgehead atoms. The smallest absolute Gasteiger partial charge is 0.272 e. The molecule has 2 heterocycles. The quantitative estimate of drug-likeness (QED) is 0.946. The number of aryl methyl sites for hydroxylation is 2. The number of hydrogen-bond acceptors (Lipinski definition) is 2. The van der Waals surface area contributed by atoms with E-state index in [9.17, 15) is 4.79 Å². The number of amides is 1. The van der Waals surface area contributed by atoms with Gasteiger partial charge in [0, 0.05) is 35.3 Å². The van der Waals surface area contributed by atoms with Gasteiger partial charge in [-0.25, -0.2) is 0 Å². The Morgan fingerprint density at radius 2 is 2.33 bits per heavy atom. The van der Waals surface area contributed by atoms with Crippen molar-refractivity contribution in [1.29, 1.82) is 0 Å². The van der Waals surface area contributed by atoms with Crippen LogP contribution in [0.15, 0.2) is 35.2 Å². The summed E-state index contributed by atoms with van der Waals surface area (Å²) in [7, 11) is 0. The molecule has 0 unspecified atom stereocenters. The van der Waals surface area contributed by atoms with Gasteiger partial charge in [-0.05, 0) is 47.5 Å². The fraction of sp³-hybridized carbons (Fsp3) is 0.231. The number of hydrogen-bond donors (Lipinski definition) is 1. The number of pyridine rings is 1. The van der Waals surface area contributed by atoms with Gasteiger partial charge in [0.05, 0.1) is 0 Å². The van der Waals surface area contributed by atoms with Gasteiger partial charge in [0.15, 0.2) is 0 Å². The highest BCUT2D eigenvalue weighted by atomic mass is 79.9. The van der Waals surface area contributed by atoms with E-state index >= 15 is 0 Å². The van der Waals surface area contributed by atoms with Crippen LogP contribution in [0.2, 0.25) is 0 Å². The molecular weight excluding hydrogens is 294 g/mol. The van der Waals surface area contributed by atoms with Crippen molar-refractivity contribution in [1.82, 2.24) is 9.55 Å². The number of aromatic nitrogens is 2. The Balaban J connectivity index is 2.25. The molecule has 4 nitrogen and oxygen atoms in total. The van der Waals surface area contributed by atoms with Crippen LogP contribution in [0.5, 0.6) is 0 Å². The first-order chi connectivity index (χ1) is 8.61. The molecule has 18 heavy (non-hydrogen) atoms. The van der Waals surface area contributed by atoms with Crippen molar-refractivity contribution >= 4 is 27.5 Å².